The van der Waals surface area contributed by atoms with E-state index in [0.29, 0.717) is 24.3 Å². The predicted octanol–water partition coefficient (Wildman–Crippen LogP) is 2.21. The molecule has 134 valence electrons. The Morgan fingerprint density at radius 1 is 1.36 bits per heavy atom. The van der Waals surface area contributed by atoms with Crippen LogP contribution >= 0.6 is 0 Å². The van der Waals surface area contributed by atoms with E-state index in [2.05, 4.69) is 12.2 Å². The Balaban J connectivity index is 1.73. The Kier molecular flexibility index (Phi) is 4.74. The molecule has 0 radical (unpaired) electrons. The Morgan fingerprint density at radius 2 is 2.12 bits per heavy atom. The van der Waals surface area contributed by atoms with Gasteiger partial charge in [-0.1, -0.05) is 12.2 Å². The van der Waals surface area contributed by atoms with Crippen molar-refractivity contribution in [3.8, 4) is 0 Å². The minimum Gasteiger partial charge on any atom is -0.338 e. The lowest BCUT2D eigenvalue weighted by molar-refractivity contribution is -0.385. The van der Waals surface area contributed by atoms with Crippen LogP contribution in [0.4, 0.5) is 5.69 Å². The molecule has 7 heteroatoms. The monoisotopic (exact) mass is 345 g/mol. The van der Waals surface area contributed by atoms with Gasteiger partial charge in [-0.25, -0.2) is 0 Å². The summed E-state index contributed by atoms with van der Waals surface area (Å²) >= 11 is 0. The summed E-state index contributed by atoms with van der Waals surface area (Å²) in [6, 6.07) is 2.31. The predicted molar refractivity (Wildman–Crippen MR) is 93.0 cm³/mol. The minimum absolute atomic E-state index is 0.0185. The van der Waals surface area contributed by atoms with Gasteiger partial charge in [0.25, 0.3) is 11.2 Å². The van der Waals surface area contributed by atoms with Crippen LogP contribution in [0.1, 0.15) is 26.7 Å². The summed E-state index contributed by atoms with van der Waals surface area (Å²) in [5.74, 6) is 1.46. The van der Waals surface area contributed by atoms with Gasteiger partial charge in [-0.2, -0.15) is 0 Å². The van der Waals surface area contributed by atoms with Crippen LogP contribution in [0.25, 0.3) is 0 Å². The second kappa shape index (κ2) is 6.82. The lowest BCUT2D eigenvalue weighted by atomic mass is 9.92. The molecule has 1 fully saturated rings. The van der Waals surface area contributed by atoms with Crippen molar-refractivity contribution in [2.24, 2.45) is 17.8 Å². The number of hydrogen-bond acceptors (Lipinski definition) is 4. The number of nitrogens with zero attached hydrogens (tertiary/aromatic N) is 3. The van der Waals surface area contributed by atoms with Crippen LogP contribution in [0.2, 0.25) is 0 Å². The minimum atomic E-state index is -0.567. The van der Waals surface area contributed by atoms with Crippen molar-refractivity contribution in [1.82, 2.24) is 9.47 Å². The van der Waals surface area contributed by atoms with Crippen molar-refractivity contribution in [1.29, 1.82) is 0 Å². The summed E-state index contributed by atoms with van der Waals surface area (Å²) in [7, 11) is 0. The number of pyridine rings is 1. The topological polar surface area (TPSA) is 85.4 Å². The highest BCUT2D eigenvalue weighted by Crippen LogP contribution is 2.43. The van der Waals surface area contributed by atoms with Crippen molar-refractivity contribution in [3.63, 3.8) is 0 Å². The first-order valence-corrected chi connectivity index (χ1v) is 8.68. The third kappa shape index (κ3) is 3.65. The molecule has 2 aliphatic carbocycles. The fourth-order valence-electron chi connectivity index (χ4n) is 3.94. The molecule has 25 heavy (non-hydrogen) atoms. The molecule has 0 spiro atoms. The molecule has 1 aromatic heterocycles. The summed E-state index contributed by atoms with van der Waals surface area (Å²) in [5, 5.41) is 10.9. The van der Waals surface area contributed by atoms with E-state index in [-0.39, 0.29) is 24.2 Å². The van der Waals surface area contributed by atoms with E-state index in [1.165, 1.54) is 6.42 Å². The molecule has 1 saturated carbocycles. The highest BCUT2D eigenvalue weighted by molar-refractivity contribution is 5.76. The van der Waals surface area contributed by atoms with Gasteiger partial charge in [-0.15, -0.1) is 0 Å². The fourth-order valence-corrected chi connectivity index (χ4v) is 3.94. The SMILES string of the molecule is CC(C)N(C[C@@H]1C[C@H]2C=C[C@H]1C2)C(=O)Cn1cc([N+](=O)[O-])ccc1=O. The first-order chi connectivity index (χ1) is 11.8. The van der Waals surface area contributed by atoms with Gasteiger partial charge in [0, 0.05) is 24.7 Å². The second-order valence-corrected chi connectivity index (χ2v) is 7.29. The Morgan fingerprint density at radius 3 is 2.68 bits per heavy atom. The molecule has 3 atom stereocenters. The molecule has 0 unspecified atom stereocenters. The summed E-state index contributed by atoms with van der Waals surface area (Å²) in [4.78, 5) is 36.8. The van der Waals surface area contributed by atoms with Gasteiger partial charge in [0.05, 0.1) is 11.1 Å². The standard InChI is InChI=1S/C18H23N3O4/c1-12(2)20(9-15-8-13-3-4-14(15)7-13)18(23)11-19-10-16(21(24)25)5-6-17(19)22/h3-6,10,12-15H,7-9,11H2,1-2H3/t13-,14-,15-/m0/s1. The van der Waals surface area contributed by atoms with E-state index in [1.807, 2.05) is 13.8 Å². The molecular formula is C18H23N3O4. The number of hydrogen-bond donors (Lipinski definition) is 0. The number of fused-ring (bicyclic) bond motifs is 2. The normalized spacial score (nSPS) is 24.0. The van der Waals surface area contributed by atoms with Gasteiger partial charge >= 0.3 is 0 Å². The van der Waals surface area contributed by atoms with E-state index in [0.717, 1.165) is 29.3 Å². The Hall–Kier alpha value is -2.44. The number of rotatable bonds is 6. The van der Waals surface area contributed by atoms with E-state index in [1.54, 1.807) is 4.90 Å². The largest absolute Gasteiger partial charge is 0.338 e. The van der Waals surface area contributed by atoms with E-state index in [9.17, 15) is 19.7 Å². The molecule has 0 aliphatic heterocycles. The average molecular weight is 345 g/mol. The number of carbonyl (C=O) groups excluding carboxylic acids is 1. The van der Waals surface area contributed by atoms with Gasteiger partial charge in [-0.05, 0) is 44.4 Å². The Labute approximate surface area is 146 Å². The molecule has 2 aliphatic rings. The fraction of sp³-hybridized carbons (Fsp3) is 0.556. The van der Waals surface area contributed by atoms with Crippen LogP contribution < -0.4 is 5.56 Å². The summed E-state index contributed by atoms with van der Waals surface area (Å²) in [5.41, 5.74) is -0.604. The molecule has 7 nitrogen and oxygen atoms in total. The quantitative estimate of drug-likeness (QED) is 0.449. The van der Waals surface area contributed by atoms with E-state index < -0.39 is 10.5 Å². The van der Waals surface area contributed by atoms with Crippen molar-refractivity contribution in [3.05, 3.63) is 50.9 Å². The molecule has 2 bridgehead atoms. The van der Waals surface area contributed by atoms with Crippen LogP contribution in [0, 0.1) is 27.9 Å². The number of carbonyl (C=O) groups is 1. The zero-order chi connectivity index (χ0) is 18.1. The smallest absolute Gasteiger partial charge is 0.285 e. The van der Waals surface area contributed by atoms with Gasteiger partial charge in [-0.3, -0.25) is 24.3 Å². The lowest BCUT2D eigenvalue weighted by Gasteiger charge is -2.32. The van der Waals surface area contributed by atoms with Crippen LogP contribution in [-0.4, -0.2) is 32.9 Å². The molecule has 1 heterocycles. The molecule has 0 saturated heterocycles. The van der Waals surface area contributed by atoms with Gasteiger partial charge in [0.1, 0.15) is 6.54 Å². The molecule has 3 rings (SSSR count). The first kappa shape index (κ1) is 17.4. The highest BCUT2D eigenvalue weighted by Gasteiger charge is 2.37. The first-order valence-electron chi connectivity index (χ1n) is 8.68. The summed E-state index contributed by atoms with van der Waals surface area (Å²) < 4.78 is 1.12. The van der Waals surface area contributed by atoms with Crippen molar-refractivity contribution < 1.29 is 9.72 Å². The second-order valence-electron chi connectivity index (χ2n) is 7.29. The van der Waals surface area contributed by atoms with E-state index >= 15 is 0 Å². The van der Waals surface area contributed by atoms with Crippen LogP contribution in [-0.2, 0) is 11.3 Å². The summed E-state index contributed by atoms with van der Waals surface area (Å²) in [6.07, 6.45) is 7.95. The maximum Gasteiger partial charge on any atom is 0.285 e. The summed E-state index contributed by atoms with van der Waals surface area (Å²) in [6.45, 7) is 4.41. The zero-order valence-electron chi connectivity index (χ0n) is 14.5. The van der Waals surface area contributed by atoms with Crippen molar-refractivity contribution >= 4 is 11.6 Å². The van der Waals surface area contributed by atoms with Crippen LogP contribution in [0.3, 0.4) is 0 Å². The highest BCUT2D eigenvalue weighted by atomic mass is 16.6. The van der Waals surface area contributed by atoms with Crippen molar-refractivity contribution in [2.45, 2.75) is 39.3 Å². The number of allylic oxidation sites excluding steroid dienone is 2. The van der Waals surface area contributed by atoms with Gasteiger partial charge in [0.2, 0.25) is 5.91 Å². The molecule has 0 aromatic carbocycles. The molecule has 1 aromatic rings. The third-order valence-electron chi connectivity index (χ3n) is 5.28. The third-order valence-corrected chi connectivity index (χ3v) is 5.28. The molecule has 1 amide bonds. The maximum atomic E-state index is 12.8. The zero-order valence-corrected chi connectivity index (χ0v) is 14.5. The Bertz CT molecular complexity index is 768. The lowest BCUT2D eigenvalue weighted by Crippen LogP contribution is -2.43. The maximum absolute atomic E-state index is 12.8. The number of amides is 1. The van der Waals surface area contributed by atoms with Gasteiger partial charge < -0.3 is 4.90 Å². The average Bonchev–Trinajstić information content (AvgIpc) is 3.16. The number of nitro groups is 1. The van der Waals surface area contributed by atoms with Crippen LogP contribution in [0.15, 0.2) is 35.3 Å². The van der Waals surface area contributed by atoms with Crippen LogP contribution in [0.5, 0.6) is 0 Å². The van der Waals surface area contributed by atoms with Gasteiger partial charge in [0.15, 0.2) is 0 Å². The van der Waals surface area contributed by atoms with E-state index in [4.69, 9.17) is 0 Å². The van der Waals surface area contributed by atoms with Crippen molar-refractivity contribution in [2.75, 3.05) is 6.54 Å². The number of aromatic nitrogens is 1. The molecule has 0 N–H and O–H groups in total. The molecular weight excluding hydrogens is 322 g/mol.